The molecule has 0 amide bonds. The van der Waals surface area contributed by atoms with Crippen molar-refractivity contribution >= 4 is 21.5 Å². The lowest BCUT2D eigenvalue weighted by Crippen LogP contribution is -2.23. The molecular formula is C34H31NO2. The molecule has 37 heavy (non-hydrogen) atoms. The molecule has 3 heteroatoms. The Bertz CT molecular complexity index is 1490. The third-order valence-electron chi connectivity index (χ3n) is 7.08. The highest BCUT2D eigenvalue weighted by atomic mass is 16.7. The fraction of sp³-hybridized carbons (Fsp3) is 0.206. The smallest absolute Gasteiger partial charge is 0.204 e. The summed E-state index contributed by atoms with van der Waals surface area (Å²) in [6, 6.07) is 37.3. The molecule has 0 aliphatic rings. The SMILES string of the molecule is CCC(C)c1ccc(OC(Cc2cccc(C#N)c2)OCc2c3ccccc3cc3ccccc23)cc1. The number of hydrogen-bond acceptors (Lipinski definition) is 3. The van der Waals surface area contributed by atoms with E-state index in [0.29, 0.717) is 24.5 Å². The average molecular weight is 486 g/mol. The van der Waals surface area contributed by atoms with Crippen molar-refractivity contribution in [1.82, 2.24) is 0 Å². The van der Waals surface area contributed by atoms with Crippen molar-refractivity contribution in [3.05, 3.63) is 125 Å². The molecule has 5 aromatic carbocycles. The second kappa shape index (κ2) is 11.3. The lowest BCUT2D eigenvalue weighted by molar-refractivity contribution is -0.0874. The first-order chi connectivity index (χ1) is 18.1. The van der Waals surface area contributed by atoms with Gasteiger partial charge in [0, 0.05) is 6.42 Å². The quantitative estimate of drug-likeness (QED) is 0.155. The molecule has 0 aliphatic heterocycles. The van der Waals surface area contributed by atoms with Gasteiger partial charge in [-0.15, -0.1) is 0 Å². The summed E-state index contributed by atoms with van der Waals surface area (Å²) < 4.78 is 12.9. The molecule has 0 bridgehead atoms. The highest BCUT2D eigenvalue weighted by molar-refractivity contribution is 6.02. The van der Waals surface area contributed by atoms with E-state index in [-0.39, 0.29) is 0 Å². The molecule has 184 valence electrons. The molecule has 2 atom stereocenters. The van der Waals surface area contributed by atoms with Gasteiger partial charge in [0.05, 0.1) is 18.2 Å². The normalized spacial score (nSPS) is 12.8. The van der Waals surface area contributed by atoms with Gasteiger partial charge in [-0.2, -0.15) is 5.26 Å². The number of fused-ring (bicyclic) bond motifs is 2. The fourth-order valence-corrected chi connectivity index (χ4v) is 4.80. The molecule has 0 aliphatic carbocycles. The van der Waals surface area contributed by atoms with Gasteiger partial charge < -0.3 is 9.47 Å². The number of hydrogen-bond donors (Lipinski definition) is 0. The molecular weight excluding hydrogens is 454 g/mol. The standard InChI is InChI=1S/C34H31NO2/c1-3-24(2)27-15-17-30(18-16-27)37-34(20-25-9-8-10-26(19-25)22-35)36-23-33-31-13-6-4-11-28(31)21-29-12-5-7-14-32(29)33/h4-19,21,24,34H,3,20,23H2,1-2H3. The van der Waals surface area contributed by atoms with Crippen LogP contribution < -0.4 is 4.74 Å². The molecule has 3 nitrogen and oxygen atoms in total. The van der Waals surface area contributed by atoms with E-state index in [4.69, 9.17) is 9.47 Å². The van der Waals surface area contributed by atoms with Crippen LogP contribution in [-0.2, 0) is 17.8 Å². The van der Waals surface area contributed by atoms with E-state index in [1.165, 1.54) is 27.1 Å². The van der Waals surface area contributed by atoms with Crippen LogP contribution in [0.4, 0.5) is 0 Å². The Morgan fingerprint density at radius 2 is 1.46 bits per heavy atom. The highest BCUT2D eigenvalue weighted by Crippen LogP contribution is 2.30. The van der Waals surface area contributed by atoms with Gasteiger partial charge in [0.15, 0.2) is 0 Å². The van der Waals surface area contributed by atoms with Gasteiger partial charge in [0.2, 0.25) is 6.29 Å². The van der Waals surface area contributed by atoms with Crippen LogP contribution in [0.25, 0.3) is 21.5 Å². The second-order valence-electron chi connectivity index (χ2n) is 9.55. The number of rotatable bonds is 9. The van der Waals surface area contributed by atoms with Gasteiger partial charge in [0.25, 0.3) is 0 Å². The van der Waals surface area contributed by atoms with Crippen LogP contribution in [-0.4, -0.2) is 6.29 Å². The Balaban J connectivity index is 1.45. The second-order valence-corrected chi connectivity index (χ2v) is 9.55. The van der Waals surface area contributed by atoms with Crippen molar-refractivity contribution in [2.24, 2.45) is 0 Å². The first-order valence-corrected chi connectivity index (χ1v) is 12.9. The molecule has 0 saturated carbocycles. The van der Waals surface area contributed by atoms with Crippen molar-refractivity contribution in [3.8, 4) is 11.8 Å². The number of ether oxygens (including phenoxy) is 2. The summed E-state index contributed by atoms with van der Waals surface area (Å²) in [6.45, 7) is 4.85. The summed E-state index contributed by atoms with van der Waals surface area (Å²) in [6.07, 6.45) is 1.12. The summed E-state index contributed by atoms with van der Waals surface area (Å²) in [5.74, 6) is 1.28. The minimum atomic E-state index is -0.513. The zero-order valence-electron chi connectivity index (χ0n) is 21.4. The van der Waals surface area contributed by atoms with E-state index in [2.05, 4.69) is 86.6 Å². The fourth-order valence-electron chi connectivity index (χ4n) is 4.80. The summed E-state index contributed by atoms with van der Waals surface area (Å²) in [4.78, 5) is 0. The molecule has 0 spiro atoms. The lowest BCUT2D eigenvalue weighted by Gasteiger charge is -2.22. The van der Waals surface area contributed by atoms with Gasteiger partial charge in [-0.05, 0) is 80.9 Å². The minimum absolute atomic E-state index is 0.412. The number of benzene rings is 5. The maximum Gasteiger partial charge on any atom is 0.204 e. The Morgan fingerprint density at radius 1 is 0.784 bits per heavy atom. The maximum atomic E-state index is 9.36. The maximum absolute atomic E-state index is 9.36. The zero-order chi connectivity index (χ0) is 25.6. The molecule has 0 N–H and O–H groups in total. The van der Waals surface area contributed by atoms with E-state index < -0.39 is 6.29 Å². The monoisotopic (exact) mass is 485 g/mol. The molecule has 0 fully saturated rings. The predicted octanol–water partition coefficient (Wildman–Crippen LogP) is 8.54. The lowest BCUT2D eigenvalue weighted by atomic mass is 9.97. The summed E-state index contributed by atoms with van der Waals surface area (Å²) in [5.41, 5.74) is 4.09. The molecule has 0 aromatic heterocycles. The van der Waals surface area contributed by atoms with Gasteiger partial charge in [-0.1, -0.05) is 86.6 Å². The van der Waals surface area contributed by atoms with Gasteiger partial charge in [-0.25, -0.2) is 0 Å². The van der Waals surface area contributed by atoms with E-state index in [0.717, 1.165) is 23.3 Å². The number of nitriles is 1. The molecule has 5 rings (SSSR count). The first-order valence-electron chi connectivity index (χ1n) is 12.9. The topological polar surface area (TPSA) is 42.2 Å². The number of nitrogens with zero attached hydrogens (tertiary/aromatic N) is 1. The van der Waals surface area contributed by atoms with Crippen LogP contribution in [0.3, 0.4) is 0 Å². The van der Waals surface area contributed by atoms with Gasteiger partial charge in [0.1, 0.15) is 5.75 Å². The molecule has 2 unspecified atom stereocenters. The summed E-state index contributed by atoms with van der Waals surface area (Å²) in [5, 5.41) is 14.1. The average Bonchev–Trinajstić information content (AvgIpc) is 2.95. The van der Waals surface area contributed by atoms with Crippen molar-refractivity contribution in [2.45, 2.75) is 45.5 Å². The molecule has 5 aromatic rings. The first kappa shape index (κ1) is 24.6. The third-order valence-corrected chi connectivity index (χ3v) is 7.08. The van der Waals surface area contributed by atoms with E-state index in [1.54, 1.807) is 0 Å². The Morgan fingerprint density at radius 3 is 2.11 bits per heavy atom. The minimum Gasteiger partial charge on any atom is -0.465 e. The molecule has 0 saturated heterocycles. The van der Waals surface area contributed by atoms with Crippen molar-refractivity contribution in [1.29, 1.82) is 5.26 Å². The van der Waals surface area contributed by atoms with Gasteiger partial charge in [-0.3, -0.25) is 0 Å². The van der Waals surface area contributed by atoms with Crippen LogP contribution in [0.2, 0.25) is 0 Å². The predicted molar refractivity (Wildman–Crippen MR) is 151 cm³/mol. The van der Waals surface area contributed by atoms with Crippen LogP contribution in [0.1, 0.15) is 48.4 Å². The van der Waals surface area contributed by atoms with Crippen LogP contribution >= 0.6 is 0 Å². The molecule has 0 radical (unpaired) electrons. The Hall–Kier alpha value is -4.13. The third kappa shape index (κ3) is 5.66. The molecule has 0 heterocycles. The Labute approximate surface area is 218 Å². The van der Waals surface area contributed by atoms with Crippen molar-refractivity contribution in [3.63, 3.8) is 0 Å². The van der Waals surface area contributed by atoms with Crippen LogP contribution in [0.15, 0.2) is 103 Å². The van der Waals surface area contributed by atoms with Crippen molar-refractivity contribution < 1.29 is 9.47 Å². The van der Waals surface area contributed by atoms with Crippen LogP contribution in [0.5, 0.6) is 5.75 Å². The van der Waals surface area contributed by atoms with Crippen molar-refractivity contribution in [2.75, 3.05) is 0 Å². The summed E-state index contributed by atoms with van der Waals surface area (Å²) >= 11 is 0. The van der Waals surface area contributed by atoms with Crippen LogP contribution in [0, 0.1) is 11.3 Å². The largest absolute Gasteiger partial charge is 0.465 e. The highest BCUT2D eigenvalue weighted by Gasteiger charge is 2.16. The Kier molecular flexibility index (Phi) is 7.49. The van der Waals surface area contributed by atoms with Gasteiger partial charge >= 0.3 is 0 Å². The van der Waals surface area contributed by atoms with E-state index in [9.17, 15) is 5.26 Å². The zero-order valence-corrected chi connectivity index (χ0v) is 21.4. The van der Waals surface area contributed by atoms with E-state index >= 15 is 0 Å². The summed E-state index contributed by atoms with van der Waals surface area (Å²) in [7, 11) is 0. The van der Waals surface area contributed by atoms with E-state index in [1.807, 2.05) is 36.4 Å².